The number of aromatic nitrogens is 1. The molecule has 3 aromatic carbocycles. The van der Waals surface area contributed by atoms with Crippen molar-refractivity contribution in [3.05, 3.63) is 77.4 Å². The maximum atomic E-state index is 12.1. The van der Waals surface area contributed by atoms with E-state index in [0.717, 1.165) is 38.7 Å². The number of nitrogens with two attached hydrogens (primary N) is 1. The molecule has 5 nitrogen and oxygen atoms in total. The molecule has 0 saturated heterocycles. The first kappa shape index (κ1) is 19.0. The zero-order valence-electron chi connectivity index (χ0n) is 16.6. The zero-order chi connectivity index (χ0) is 20.4. The lowest BCUT2D eigenvalue weighted by Gasteiger charge is -2.10. The van der Waals surface area contributed by atoms with Gasteiger partial charge in [0.15, 0.2) is 0 Å². The number of nitrogens with zero attached hydrogens (tertiary/aromatic N) is 1. The van der Waals surface area contributed by atoms with Crippen molar-refractivity contribution < 1.29 is 14.3 Å². The number of ether oxygens (including phenoxy) is 2. The molecule has 0 aliphatic rings. The zero-order valence-corrected chi connectivity index (χ0v) is 16.6. The summed E-state index contributed by atoms with van der Waals surface area (Å²) >= 11 is 0. The number of amides is 1. The highest BCUT2D eigenvalue weighted by Crippen LogP contribution is 2.33. The topological polar surface area (TPSA) is 66.5 Å². The smallest absolute Gasteiger partial charge is 0.249 e. The van der Waals surface area contributed by atoms with Crippen molar-refractivity contribution in [2.45, 2.75) is 20.1 Å². The van der Waals surface area contributed by atoms with Crippen LogP contribution in [-0.2, 0) is 17.9 Å². The summed E-state index contributed by atoms with van der Waals surface area (Å²) < 4.78 is 13.0. The third-order valence-electron chi connectivity index (χ3n) is 5.01. The third kappa shape index (κ3) is 3.57. The number of methoxy groups -OCH3 is 1. The molecular weight excluding hydrogens is 364 g/mol. The number of rotatable bonds is 7. The molecule has 0 bridgehead atoms. The Kier molecular flexibility index (Phi) is 5.23. The average molecular weight is 387 g/mol. The second kappa shape index (κ2) is 7.97. The standard InChI is InChI=1S/C24H23N2O3/c1-3-29-18-10-7-16(8-11-18)14-26-21-6-4-5-20(24(25)27)23(21)19-12-9-17(15-28-2)13-22(19)26/h4-11,13H,3,14-15H2,1-2H3,(H2,25,27). The minimum atomic E-state index is -0.440. The molecule has 1 amide bonds. The largest absolute Gasteiger partial charge is 0.494 e. The number of carbonyl (C=O) groups excluding carboxylic acids is 1. The van der Waals surface area contributed by atoms with Gasteiger partial charge in [-0.15, -0.1) is 0 Å². The molecule has 2 N–H and O–H groups in total. The van der Waals surface area contributed by atoms with Crippen LogP contribution in [0.1, 0.15) is 28.4 Å². The fraction of sp³-hybridized carbons (Fsp3) is 0.208. The Morgan fingerprint density at radius 2 is 1.90 bits per heavy atom. The normalized spacial score (nSPS) is 11.2. The van der Waals surface area contributed by atoms with Crippen LogP contribution in [0, 0.1) is 6.07 Å². The van der Waals surface area contributed by atoms with Crippen molar-refractivity contribution in [2.75, 3.05) is 13.7 Å². The number of primary amides is 1. The van der Waals surface area contributed by atoms with Crippen molar-refractivity contribution in [1.82, 2.24) is 4.57 Å². The second-order valence-corrected chi connectivity index (χ2v) is 6.93. The van der Waals surface area contributed by atoms with Crippen LogP contribution in [0.5, 0.6) is 5.75 Å². The van der Waals surface area contributed by atoms with Crippen LogP contribution in [0.15, 0.2) is 54.6 Å². The van der Waals surface area contributed by atoms with E-state index < -0.39 is 5.91 Å². The lowest BCUT2D eigenvalue weighted by atomic mass is 10.0. The second-order valence-electron chi connectivity index (χ2n) is 6.93. The quantitative estimate of drug-likeness (QED) is 0.514. The van der Waals surface area contributed by atoms with Gasteiger partial charge in [0, 0.05) is 30.0 Å². The van der Waals surface area contributed by atoms with E-state index in [4.69, 9.17) is 15.2 Å². The van der Waals surface area contributed by atoms with Gasteiger partial charge in [-0.3, -0.25) is 4.79 Å². The van der Waals surface area contributed by atoms with Crippen molar-refractivity contribution in [3.63, 3.8) is 0 Å². The molecule has 0 aliphatic heterocycles. The van der Waals surface area contributed by atoms with E-state index in [0.29, 0.717) is 25.3 Å². The molecule has 1 heterocycles. The van der Waals surface area contributed by atoms with Crippen LogP contribution >= 0.6 is 0 Å². The Hall–Kier alpha value is -3.31. The van der Waals surface area contributed by atoms with Crippen LogP contribution in [0.3, 0.4) is 0 Å². The lowest BCUT2D eigenvalue weighted by molar-refractivity contribution is 0.100. The number of benzene rings is 3. The highest BCUT2D eigenvalue weighted by atomic mass is 16.5. The van der Waals surface area contributed by atoms with Crippen LogP contribution < -0.4 is 10.5 Å². The Labute approximate surface area is 169 Å². The summed E-state index contributed by atoms with van der Waals surface area (Å²) in [5.74, 6) is 0.412. The SMILES string of the molecule is CCOc1ccc(Cn2c3cc(COC)c[c]c3c3c(C(N)=O)cccc32)cc1. The van der Waals surface area contributed by atoms with Gasteiger partial charge in [-0.05, 0) is 60.5 Å². The third-order valence-corrected chi connectivity index (χ3v) is 5.01. The molecule has 1 radical (unpaired) electrons. The summed E-state index contributed by atoms with van der Waals surface area (Å²) in [5, 5.41) is 1.73. The fourth-order valence-corrected chi connectivity index (χ4v) is 3.76. The van der Waals surface area contributed by atoms with Crippen LogP contribution in [-0.4, -0.2) is 24.2 Å². The van der Waals surface area contributed by atoms with E-state index in [-0.39, 0.29) is 0 Å². The average Bonchev–Trinajstić information content (AvgIpc) is 3.03. The minimum Gasteiger partial charge on any atom is -0.494 e. The van der Waals surface area contributed by atoms with Gasteiger partial charge in [0.1, 0.15) is 5.75 Å². The molecule has 29 heavy (non-hydrogen) atoms. The van der Waals surface area contributed by atoms with E-state index in [2.05, 4.69) is 28.8 Å². The molecule has 1 aromatic heterocycles. The van der Waals surface area contributed by atoms with Gasteiger partial charge in [0.05, 0.1) is 24.2 Å². The predicted molar refractivity (Wildman–Crippen MR) is 114 cm³/mol. The summed E-state index contributed by atoms with van der Waals surface area (Å²) in [6.45, 7) is 3.76. The lowest BCUT2D eigenvalue weighted by Crippen LogP contribution is -2.11. The Morgan fingerprint density at radius 1 is 1.10 bits per heavy atom. The van der Waals surface area contributed by atoms with Gasteiger partial charge >= 0.3 is 0 Å². The molecule has 0 aliphatic carbocycles. The van der Waals surface area contributed by atoms with Crippen molar-refractivity contribution >= 4 is 27.7 Å². The highest BCUT2D eigenvalue weighted by Gasteiger charge is 2.17. The first-order chi connectivity index (χ1) is 14.1. The van der Waals surface area contributed by atoms with E-state index >= 15 is 0 Å². The van der Waals surface area contributed by atoms with Crippen LogP contribution in [0.25, 0.3) is 21.8 Å². The molecule has 4 rings (SSSR count). The van der Waals surface area contributed by atoms with Crippen LogP contribution in [0.4, 0.5) is 0 Å². The van der Waals surface area contributed by atoms with E-state index in [1.54, 1.807) is 13.2 Å². The van der Waals surface area contributed by atoms with Crippen molar-refractivity contribution in [2.24, 2.45) is 5.73 Å². The molecule has 0 fully saturated rings. The van der Waals surface area contributed by atoms with Gasteiger partial charge in [0.25, 0.3) is 0 Å². The number of hydrogen-bond acceptors (Lipinski definition) is 3. The molecule has 0 saturated carbocycles. The maximum Gasteiger partial charge on any atom is 0.249 e. The monoisotopic (exact) mass is 387 g/mol. The molecule has 147 valence electrons. The van der Waals surface area contributed by atoms with E-state index in [9.17, 15) is 4.79 Å². The summed E-state index contributed by atoms with van der Waals surface area (Å²) in [6.07, 6.45) is 0. The first-order valence-corrected chi connectivity index (χ1v) is 9.58. The number of carbonyl (C=O) groups is 1. The molecule has 4 aromatic rings. The Bertz CT molecular complexity index is 1180. The summed E-state index contributed by atoms with van der Waals surface area (Å²) in [4.78, 5) is 12.1. The summed E-state index contributed by atoms with van der Waals surface area (Å²) in [6, 6.07) is 21.1. The minimum absolute atomic E-state index is 0.440. The first-order valence-electron chi connectivity index (χ1n) is 9.58. The fourth-order valence-electron chi connectivity index (χ4n) is 3.76. The predicted octanol–water partition coefficient (Wildman–Crippen LogP) is 4.29. The van der Waals surface area contributed by atoms with Gasteiger partial charge in [-0.1, -0.05) is 18.2 Å². The summed E-state index contributed by atoms with van der Waals surface area (Å²) in [7, 11) is 1.67. The molecule has 0 unspecified atom stereocenters. The number of hydrogen-bond donors (Lipinski definition) is 1. The van der Waals surface area contributed by atoms with Gasteiger partial charge in [0.2, 0.25) is 5.91 Å². The van der Waals surface area contributed by atoms with Crippen molar-refractivity contribution in [1.29, 1.82) is 0 Å². The van der Waals surface area contributed by atoms with Gasteiger partial charge in [-0.25, -0.2) is 0 Å². The Morgan fingerprint density at radius 3 is 2.59 bits per heavy atom. The van der Waals surface area contributed by atoms with Crippen molar-refractivity contribution in [3.8, 4) is 5.75 Å². The summed E-state index contributed by atoms with van der Waals surface area (Å²) in [5.41, 5.74) is 10.3. The van der Waals surface area contributed by atoms with E-state index in [1.807, 2.05) is 37.3 Å². The molecule has 5 heteroatoms. The number of fused-ring (bicyclic) bond motifs is 3. The maximum absolute atomic E-state index is 12.1. The molecular formula is C24H23N2O3. The van der Waals surface area contributed by atoms with Gasteiger partial charge < -0.3 is 19.8 Å². The van der Waals surface area contributed by atoms with Crippen LogP contribution in [0.2, 0.25) is 0 Å². The molecule has 0 spiro atoms. The Balaban J connectivity index is 1.90. The molecule has 0 atom stereocenters. The van der Waals surface area contributed by atoms with Gasteiger partial charge in [-0.2, -0.15) is 0 Å². The highest BCUT2D eigenvalue weighted by molar-refractivity contribution is 6.17. The van der Waals surface area contributed by atoms with E-state index in [1.165, 1.54) is 0 Å².